The highest BCUT2D eigenvalue weighted by atomic mass is 16.2. The van der Waals surface area contributed by atoms with Gasteiger partial charge in [-0.2, -0.15) is 0 Å². The molecule has 86 valence electrons. The molecule has 0 aromatic carbocycles. The van der Waals surface area contributed by atoms with Gasteiger partial charge >= 0.3 is 0 Å². The Kier molecular flexibility index (Phi) is 3.29. The lowest BCUT2D eigenvalue weighted by Gasteiger charge is -2.31. The van der Waals surface area contributed by atoms with Crippen LogP contribution in [0.2, 0.25) is 0 Å². The number of nitrogens with zero attached hydrogens (tertiary/aromatic N) is 1. The van der Waals surface area contributed by atoms with E-state index in [0.29, 0.717) is 11.9 Å². The lowest BCUT2D eigenvalue weighted by Crippen LogP contribution is -2.41. The highest BCUT2D eigenvalue weighted by molar-refractivity contribution is 5.79. The van der Waals surface area contributed by atoms with Gasteiger partial charge in [0.2, 0.25) is 5.91 Å². The summed E-state index contributed by atoms with van der Waals surface area (Å²) >= 11 is 0. The van der Waals surface area contributed by atoms with Crippen molar-refractivity contribution in [3.8, 4) is 0 Å². The van der Waals surface area contributed by atoms with Gasteiger partial charge in [-0.05, 0) is 39.0 Å². The van der Waals surface area contributed by atoms with Gasteiger partial charge in [-0.25, -0.2) is 0 Å². The molecule has 2 unspecified atom stereocenters. The molecule has 0 aromatic rings. The van der Waals surface area contributed by atoms with Crippen molar-refractivity contribution in [2.24, 2.45) is 11.7 Å². The molecular formula is C12H22N2O. The smallest absolute Gasteiger partial charge is 0.225 e. The normalized spacial score (nSPS) is 31.3. The molecule has 0 bridgehead atoms. The van der Waals surface area contributed by atoms with Crippen molar-refractivity contribution in [3.63, 3.8) is 0 Å². The first-order valence-electron chi connectivity index (χ1n) is 6.28. The van der Waals surface area contributed by atoms with Crippen molar-refractivity contribution in [1.29, 1.82) is 0 Å². The second-order valence-corrected chi connectivity index (χ2v) is 4.98. The Morgan fingerprint density at radius 2 is 2.07 bits per heavy atom. The third-order valence-corrected chi connectivity index (χ3v) is 3.68. The summed E-state index contributed by atoms with van der Waals surface area (Å²) in [4.78, 5) is 14.3. The van der Waals surface area contributed by atoms with E-state index in [1.54, 1.807) is 0 Å². The van der Waals surface area contributed by atoms with Crippen LogP contribution in [0.4, 0.5) is 0 Å². The fourth-order valence-corrected chi connectivity index (χ4v) is 2.67. The average Bonchev–Trinajstić information content (AvgIpc) is 3.03. The number of nitrogens with two attached hydrogens (primary N) is 1. The van der Waals surface area contributed by atoms with Gasteiger partial charge in [0.1, 0.15) is 0 Å². The van der Waals surface area contributed by atoms with E-state index >= 15 is 0 Å². The molecule has 2 rings (SSSR count). The predicted molar refractivity (Wildman–Crippen MR) is 60.3 cm³/mol. The summed E-state index contributed by atoms with van der Waals surface area (Å²) in [6, 6.07) is 0.811. The van der Waals surface area contributed by atoms with E-state index in [2.05, 4.69) is 11.8 Å². The molecule has 0 radical (unpaired) electrons. The van der Waals surface area contributed by atoms with Crippen molar-refractivity contribution in [3.05, 3.63) is 0 Å². The van der Waals surface area contributed by atoms with E-state index in [1.807, 2.05) is 0 Å². The van der Waals surface area contributed by atoms with Crippen molar-refractivity contribution in [1.82, 2.24) is 4.90 Å². The van der Waals surface area contributed by atoms with Gasteiger partial charge in [-0.1, -0.05) is 6.42 Å². The summed E-state index contributed by atoms with van der Waals surface area (Å²) < 4.78 is 0. The molecule has 2 aliphatic rings. The zero-order valence-corrected chi connectivity index (χ0v) is 9.61. The van der Waals surface area contributed by atoms with Crippen molar-refractivity contribution in [2.75, 3.05) is 6.54 Å². The Bertz CT molecular complexity index is 238. The zero-order valence-electron chi connectivity index (χ0n) is 9.61. The van der Waals surface area contributed by atoms with Crippen LogP contribution in [-0.2, 0) is 4.79 Å². The molecule has 2 fully saturated rings. The second-order valence-electron chi connectivity index (χ2n) is 4.98. The number of hydrogen-bond acceptors (Lipinski definition) is 2. The SMILES string of the molecule is CCN(C(=O)C1CCCC(N)C1)C1CC1. The summed E-state index contributed by atoms with van der Waals surface area (Å²) in [5, 5.41) is 0. The molecule has 2 N–H and O–H groups in total. The van der Waals surface area contributed by atoms with E-state index in [-0.39, 0.29) is 12.0 Å². The summed E-state index contributed by atoms with van der Waals surface area (Å²) in [5.41, 5.74) is 5.93. The van der Waals surface area contributed by atoms with Crippen LogP contribution in [0.25, 0.3) is 0 Å². The molecule has 0 aromatic heterocycles. The maximum absolute atomic E-state index is 12.2. The van der Waals surface area contributed by atoms with Gasteiger partial charge in [0, 0.05) is 24.5 Å². The molecule has 1 amide bonds. The number of rotatable bonds is 3. The quantitative estimate of drug-likeness (QED) is 0.767. The third kappa shape index (κ3) is 2.51. The topological polar surface area (TPSA) is 46.3 Å². The van der Waals surface area contributed by atoms with E-state index in [9.17, 15) is 4.79 Å². The fraction of sp³-hybridized carbons (Fsp3) is 0.917. The lowest BCUT2D eigenvalue weighted by atomic mass is 9.85. The molecule has 0 saturated heterocycles. The minimum atomic E-state index is 0.217. The Morgan fingerprint density at radius 3 is 2.60 bits per heavy atom. The molecule has 0 aliphatic heterocycles. The third-order valence-electron chi connectivity index (χ3n) is 3.68. The van der Waals surface area contributed by atoms with E-state index in [4.69, 9.17) is 5.73 Å². The monoisotopic (exact) mass is 210 g/mol. The van der Waals surface area contributed by atoms with Crippen LogP contribution in [0.1, 0.15) is 45.4 Å². The number of amides is 1. The number of carbonyl (C=O) groups is 1. The second kappa shape index (κ2) is 4.52. The summed E-state index contributed by atoms with van der Waals surface area (Å²) in [5.74, 6) is 0.587. The van der Waals surface area contributed by atoms with Crippen LogP contribution in [0.15, 0.2) is 0 Å². The highest BCUT2D eigenvalue weighted by Crippen LogP contribution is 2.31. The summed E-state index contributed by atoms with van der Waals surface area (Å²) in [6.45, 7) is 2.95. The summed E-state index contributed by atoms with van der Waals surface area (Å²) in [7, 11) is 0. The lowest BCUT2D eigenvalue weighted by molar-refractivity contribution is -0.137. The predicted octanol–water partition coefficient (Wildman–Crippen LogP) is 1.51. The van der Waals surface area contributed by atoms with Crippen LogP contribution < -0.4 is 5.73 Å². The largest absolute Gasteiger partial charge is 0.340 e. The number of carbonyl (C=O) groups excluding carboxylic acids is 1. The van der Waals surface area contributed by atoms with Gasteiger partial charge in [-0.15, -0.1) is 0 Å². The van der Waals surface area contributed by atoms with E-state index < -0.39 is 0 Å². The van der Waals surface area contributed by atoms with Crippen LogP contribution in [0, 0.1) is 5.92 Å². The number of hydrogen-bond donors (Lipinski definition) is 1. The van der Waals surface area contributed by atoms with Gasteiger partial charge in [-0.3, -0.25) is 4.79 Å². The van der Waals surface area contributed by atoms with Crippen LogP contribution >= 0.6 is 0 Å². The first-order valence-corrected chi connectivity index (χ1v) is 6.28. The Hall–Kier alpha value is -0.570. The average molecular weight is 210 g/mol. The summed E-state index contributed by atoms with van der Waals surface area (Å²) in [6.07, 6.45) is 6.59. The Morgan fingerprint density at radius 1 is 1.33 bits per heavy atom. The van der Waals surface area contributed by atoms with Crippen LogP contribution in [-0.4, -0.2) is 29.4 Å². The van der Waals surface area contributed by atoms with Crippen molar-refractivity contribution < 1.29 is 4.79 Å². The van der Waals surface area contributed by atoms with Gasteiger partial charge in [0.15, 0.2) is 0 Å². The molecule has 2 saturated carbocycles. The van der Waals surface area contributed by atoms with Gasteiger partial charge < -0.3 is 10.6 Å². The van der Waals surface area contributed by atoms with E-state index in [1.165, 1.54) is 12.8 Å². The molecule has 3 heteroatoms. The maximum atomic E-state index is 12.2. The molecule has 15 heavy (non-hydrogen) atoms. The minimum absolute atomic E-state index is 0.217. The fourth-order valence-electron chi connectivity index (χ4n) is 2.67. The van der Waals surface area contributed by atoms with Crippen LogP contribution in [0.3, 0.4) is 0 Å². The zero-order chi connectivity index (χ0) is 10.8. The standard InChI is InChI=1S/C12H22N2O/c1-2-14(11-6-7-11)12(15)9-4-3-5-10(13)8-9/h9-11H,2-8,13H2,1H3. The van der Waals surface area contributed by atoms with E-state index in [0.717, 1.165) is 32.2 Å². The van der Waals surface area contributed by atoms with Gasteiger partial charge in [0.05, 0.1) is 0 Å². The minimum Gasteiger partial charge on any atom is -0.340 e. The van der Waals surface area contributed by atoms with Crippen LogP contribution in [0.5, 0.6) is 0 Å². The highest BCUT2D eigenvalue weighted by Gasteiger charge is 2.36. The molecule has 2 atom stereocenters. The maximum Gasteiger partial charge on any atom is 0.225 e. The van der Waals surface area contributed by atoms with Crippen molar-refractivity contribution in [2.45, 2.75) is 57.5 Å². The Balaban J connectivity index is 1.92. The molecule has 0 heterocycles. The Labute approximate surface area is 92.0 Å². The van der Waals surface area contributed by atoms with Gasteiger partial charge in [0.25, 0.3) is 0 Å². The molecule has 3 nitrogen and oxygen atoms in total. The first kappa shape index (κ1) is 10.9. The van der Waals surface area contributed by atoms with Crippen molar-refractivity contribution >= 4 is 5.91 Å². The molecular weight excluding hydrogens is 188 g/mol. The molecule has 2 aliphatic carbocycles. The molecule has 0 spiro atoms. The first-order chi connectivity index (χ1) is 7.22.